The van der Waals surface area contributed by atoms with Crippen molar-refractivity contribution in [1.82, 2.24) is 0 Å². The average Bonchev–Trinajstić information content (AvgIpc) is 2.36. The second-order valence-corrected chi connectivity index (χ2v) is 3.69. The molecular formula is C12H14ClFO4. The van der Waals surface area contributed by atoms with Crippen molar-refractivity contribution in [2.75, 3.05) is 26.4 Å². The van der Waals surface area contributed by atoms with E-state index in [4.69, 9.17) is 25.8 Å². The third-order valence-corrected chi connectivity index (χ3v) is 2.23. The van der Waals surface area contributed by atoms with E-state index < -0.39 is 11.8 Å². The number of carbonyl (C=O) groups is 1. The fraction of sp³-hybridized carbons (Fsp3) is 0.417. The molecule has 0 aromatic heterocycles. The summed E-state index contributed by atoms with van der Waals surface area (Å²) < 4.78 is 27.8. The Bertz CT molecular complexity index is 398. The van der Waals surface area contributed by atoms with E-state index in [1.165, 1.54) is 12.1 Å². The predicted molar refractivity (Wildman–Crippen MR) is 64.4 cm³/mol. The van der Waals surface area contributed by atoms with Crippen molar-refractivity contribution in [3.05, 3.63) is 29.0 Å². The van der Waals surface area contributed by atoms with Gasteiger partial charge in [0.1, 0.15) is 18.2 Å². The lowest BCUT2D eigenvalue weighted by Crippen LogP contribution is -2.17. The van der Waals surface area contributed by atoms with Crippen molar-refractivity contribution >= 4 is 17.6 Å². The van der Waals surface area contributed by atoms with Crippen LogP contribution >= 0.6 is 11.6 Å². The number of hydrogen-bond acceptors (Lipinski definition) is 4. The lowest BCUT2D eigenvalue weighted by Gasteiger charge is -2.07. The van der Waals surface area contributed by atoms with Gasteiger partial charge in [-0.3, -0.25) is 0 Å². The lowest BCUT2D eigenvalue weighted by atomic mass is 10.3. The Balaban J connectivity index is 2.27. The van der Waals surface area contributed by atoms with Crippen molar-refractivity contribution in [3.8, 4) is 5.75 Å². The van der Waals surface area contributed by atoms with Gasteiger partial charge in [0.25, 0.3) is 0 Å². The highest BCUT2D eigenvalue weighted by atomic mass is 35.5. The first-order valence-electron chi connectivity index (χ1n) is 5.44. The molecule has 0 saturated carbocycles. The van der Waals surface area contributed by atoms with Crippen LogP contribution in [0, 0.1) is 5.82 Å². The van der Waals surface area contributed by atoms with E-state index in [0.717, 1.165) is 6.07 Å². The summed E-state index contributed by atoms with van der Waals surface area (Å²) in [6.07, 6.45) is 0. The molecule has 1 aromatic rings. The van der Waals surface area contributed by atoms with Crippen molar-refractivity contribution in [1.29, 1.82) is 0 Å². The van der Waals surface area contributed by atoms with Crippen LogP contribution in [0.1, 0.15) is 6.92 Å². The van der Waals surface area contributed by atoms with Crippen LogP contribution in [0.15, 0.2) is 18.2 Å². The molecule has 18 heavy (non-hydrogen) atoms. The SMILES string of the molecule is CCOCCOC(=O)COc1ccc(F)c(Cl)c1. The van der Waals surface area contributed by atoms with Gasteiger partial charge in [-0.05, 0) is 19.1 Å². The number of hydrogen-bond donors (Lipinski definition) is 0. The van der Waals surface area contributed by atoms with Gasteiger partial charge in [0.05, 0.1) is 11.6 Å². The first-order valence-corrected chi connectivity index (χ1v) is 5.82. The first-order chi connectivity index (χ1) is 8.63. The van der Waals surface area contributed by atoms with E-state index >= 15 is 0 Å². The maximum atomic E-state index is 12.8. The van der Waals surface area contributed by atoms with E-state index in [2.05, 4.69) is 0 Å². The standard InChI is InChI=1S/C12H14ClFO4/c1-2-16-5-6-17-12(15)8-18-9-3-4-11(14)10(13)7-9/h3-4,7H,2,5-6,8H2,1H3. The van der Waals surface area contributed by atoms with Crippen LogP contribution in [-0.2, 0) is 14.3 Å². The van der Waals surface area contributed by atoms with Gasteiger partial charge in [-0.1, -0.05) is 11.6 Å². The summed E-state index contributed by atoms with van der Waals surface area (Å²) in [5, 5.41) is -0.0581. The number of benzene rings is 1. The summed E-state index contributed by atoms with van der Waals surface area (Å²) in [6.45, 7) is 2.70. The maximum absolute atomic E-state index is 12.8. The third-order valence-electron chi connectivity index (χ3n) is 1.94. The molecule has 0 amide bonds. The fourth-order valence-electron chi connectivity index (χ4n) is 1.11. The maximum Gasteiger partial charge on any atom is 0.344 e. The molecule has 6 heteroatoms. The van der Waals surface area contributed by atoms with Crippen LogP contribution in [-0.4, -0.2) is 32.4 Å². The Kier molecular flexibility index (Phi) is 6.46. The summed E-state index contributed by atoms with van der Waals surface area (Å²) >= 11 is 5.56. The molecule has 4 nitrogen and oxygen atoms in total. The number of carbonyl (C=O) groups excluding carboxylic acids is 1. The molecule has 0 heterocycles. The largest absolute Gasteiger partial charge is 0.482 e. The molecule has 0 spiro atoms. The number of ether oxygens (including phenoxy) is 3. The Hall–Kier alpha value is -1.33. The monoisotopic (exact) mass is 276 g/mol. The minimum Gasteiger partial charge on any atom is -0.482 e. The van der Waals surface area contributed by atoms with Crippen molar-refractivity contribution in [2.24, 2.45) is 0 Å². The van der Waals surface area contributed by atoms with Crippen LogP contribution < -0.4 is 4.74 Å². The molecule has 0 N–H and O–H groups in total. The van der Waals surface area contributed by atoms with E-state index in [-0.39, 0.29) is 18.2 Å². The molecule has 1 aromatic carbocycles. The normalized spacial score (nSPS) is 10.2. The molecular weight excluding hydrogens is 263 g/mol. The van der Waals surface area contributed by atoms with E-state index in [0.29, 0.717) is 19.0 Å². The molecule has 0 fully saturated rings. The Morgan fingerprint density at radius 2 is 2.17 bits per heavy atom. The number of rotatable bonds is 7. The highest BCUT2D eigenvalue weighted by molar-refractivity contribution is 6.30. The van der Waals surface area contributed by atoms with E-state index in [9.17, 15) is 9.18 Å². The van der Waals surface area contributed by atoms with Crippen molar-refractivity contribution in [2.45, 2.75) is 6.92 Å². The van der Waals surface area contributed by atoms with Gasteiger partial charge in [0.15, 0.2) is 6.61 Å². The van der Waals surface area contributed by atoms with E-state index in [1.807, 2.05) is 6.92 Å². The second kappa shape index (κ2) is 7.89. The summed E-state index contributed by atoms with van der Waals surface area (Å²) in [7, 11) is 0. The van der Waals surface area contributed by atoms with Gasteiger partial charge in [-0.2, -0.15) is 0 Å². The van der Waals surface area contributed by atoms with Crippen molar-refractivity contribution in [3.63, 3.8) is 0 Å². The first kappa shape index (κ1) is 14.7. The van der Waals surface area contributed by atoms with Crippen molar-refractivity contribution < 1.29 is 23.4 Å². The summed E-state index contributed by atoms with van der Waals surface area (Å²) in [5.74, 6) is -0.749. The Morgan fingerprint density at radius 1 is 1.39 bits per heavy atom. The molecule has 0 atom stereocenters. The Labute approximate surface area is 110 Å². The molecule has 0 saturated heterocycles. The molecule has 0 radical (unpaired) electrons. The zero-order chi connectivity index (χ0) is 13.4. The molecule has 0 bridgehead atoms. The predicted octanol–water partition coefficient (Wildman–Crippen LogP) is 2.44. The summed E-state index contributed by atoms with van der Waals surface area (Å²) in [6, 6.07) is 3.84. The Morgan fingerprint density at radius 3 is 2.83 bits per heavy atom. The smallest absolute Gasteiger partial charge is 0.344 e. The van der Waals surface area contributed by atoms with E-state index in [1.54, 1.807) is 0 Å². The van der Waals surface area contributed by atoms with Gasteiger partial charge < -0.3 is 14.2 Å². The average molecular weight is 277 g/mol. The van der Waals surface area contributed by atoms with Gasteiger partial charge in [-0.15, -0.1) is 0 Å². The van der Waals surface area contributed by atoms with Crippen LogP contribution in [0.25, 0.3) is 0 Å². The zero-order valence-corrected chi connectivity index (χ0v) is 10.7. The van der Waals surface area contributed by atoms with Crippen LogP contribution in [0.4, 0.5) is 4.39 Å². The van der Waals surface area contributed by atoms with Crippen LogP contribution in [0.3, 0.4) is 0 Å². The highest BCUT2D eigenvalue weighted by Gasteiger charge is 2.06. The topological polar surface area (TPSA) is 44.8 Å². The van der Waals surface area contributed by atoms with Gasteiger partial charge in [0.2, 0.25) is 0 Å². The van der Waals surface area contributed by atoms with Crippen LogP contribution in [0.5, 0.6) is 5.75 Å². The quantitative estimate of drug-likeness (QED) is 0.567. The third kappa shape index (κ3) is 5.33. The number of esters is 1. The minimum atomic E-state index is -0.539. The fourth-order valence-corrected chi connectivity index (χ4v) is 1.28. The number of halogens is 2. The summed E-state index contributed by atoms with van der Waals surface area (Å²) in [4.78, 5) is 11.2. The zero-order valence-electron chi connectivity index (χ0n) is 9.95. The summed E-state index contributed by atoms with van der Waals surface area (Å²) in [5.41, 5.74) is 0. The lowest BCUT2D eigenvalue weighted by molar-refractivity contribution is -0.147. The molecule has 0 aliphatic carbocycles. The van der Waals surface area contributed by atoms with Crippen LogP contribution in [0.2, 0.25) is 5.02 Å². The molecule has 0 unspecified atom stereocenters. The molecule has 1 rings (SSSR count). The minimum absolute atomic E-state index is 0.0581. The van der Waals surface area contributed by atoms with Gasteiger partial charge in [-0.25, -0.2) is 9.18 Å². The second-order valence-electron chi connectivity index (χ2n) is 3.28. The van der Waals surface area contributed by atoms with Gasteiger partial charge >= 0.3 is 5.97 Å². The molecule has 0 aliphatic rings. The highest BCUT2D eigenvalue weighted by Crippen LogP contribution is 2.20. The molecule has 100 valence electrons. The van der Waals surface area contributed by atoms with Gasteiger partial charge in [0, 0.05) is 12.7 Å². The molecule has 0 aliphatic heterocycles.